The van der Waals surface area contributed by atoms with Gasteiger partial charge in [0.1, 0.15) is 16.3 Å². The fraction of sp³-hybridized carbons (Fsp3) is 0.294. The maximum atomic E-state index is 14.5. The van der Waals surface area contributed by atoms with Crippen LogP contribution in [0.4, 0.5) is 4.39 Å². The number of hydrogen-bond acceptors (Lipinski definition) is 3. The molecule has 0 aliphatic carbocycles. The minimum absolute atomic E-state index is 0.128. The van der Waals surface area contributed by atoms with E-state index in [2.05, 4.69) is 0 Å². The Morgan fingerprint density at radius 2 is 1.91 bits per heavy atom. The molecule has 0 saturated carbocycles. The highest BCUT2D eigenvalue weighted by atomic mass is 35.5. The van der Waals surface area contributed by atoms with E-state index in [-0.39, 0.29) is 29.9 Å². The van der Waals surface area contributed by atoms with Gasteiger partial charge in [0.2, 0.25) is 0 Å². The highest BCUT2D eigenvalue weighted by molar-refractivity contribution is 7.92. The SMILES string of the molecule is CCC1(S(=O)(=O)c2ccc(Cl)cc2)CCOc2cccc(F)c21. The molecule has 0 bridgehead atoms. The van der Waals surface area contributed by atoms with E-state index in [1.807, 2.05) is 0 Å². The molecule has 1 heterocycles. The van der Waals surface area contributed by atoms with Gasteiger partial charge in [0.25, 0.3) is 0 Å². The third-order valence-corrected chi connectivity index (χ3v) is 7.27. The number of sulfone groups is 1. The molecule has 6 heteroatoms. The Labute approximate surface area is 140 Å². The lowest BCUT2D eigenvalue weighted by atomic mass is 9.89. The Bertz CT molecular complexity index is 833. The van der Waals surface area contributed by atoms with Crippen LogP contribution in [0.5, 0.6) is 5.75 Å². The molecule has 2 aromatic rings. The van der Waals surface area contributed by atoms with E-state index in [0.717, 1.165) is 0 Å². The molecule has 23 heavy (non-hydrogen) atoms. The molecule has 1 aliphatic rings. The molecular weight excluding hydrogens is 339 g/mol. The molecule has 0 radical (unpaired) electrons. The van der Waals surface area contributed by atoms with Crippen molar-refractivity contribution in [2.45, 2.75) is 29.4 Å². The number of ether oxygens (including phenoxy) is 1. The van der Waals surface area contributed by atoms with Crippen molar-refractivity contribution >= 4 is 21.4 Å². The van der Waals surface area contributed by atoms with E-state index in [1.54, 1.807) is 13.0 Å². The van der Waals surface area contributed by atoms with Crippen molar-refractivity contribution in [2.75, 3.05) is 6.61 Å². The first-order chi connectivity index (χ1) is 10.9. The molecule has 122 valence electrons. The van der Waals surface area contributed by atoms with Gasteiger partial charge in [-0.1, -0.05) is 24.6 Å². The number of fused-ring (bicyclic) bond motifs is 1. The third-order valence-electron chi connectivity index (χ3n) is 4.40. The summed E-state index contributed by atoms with van der Waals surface area (Å²) in [5.41, 5.74) is 0.128. The van der Waals surface area contributed by atoms with Crippen molar-refractivity contribution in [3.05, 3.63) is 58.9 Å². The Hall–Kier alpha value is -1.59. The van der Waals surface area contributed by atoms with Crippen LogP contribution in [0.2, 0.25) is 5.02 Å². The van der Waals surface area contributed by atoms with Gasteiger partial charge in [0, 0.05) is 11.4 Å². The first-order valence-corrected chi connectivity index (χ1v) is 9.20. The van der Waals surface area contributed by atoms with Gasteiger partial charge in [-0.3, -0.25) is 0 Å². The van der Waals surface area contributed by atoms with Crippen LogP contribution in [0.25, 0.3) is 0 Å². The zero-order valence-electron chi connectivity index (χ0n) is 12.6. The maximum Gasteiger partial charge on any atom is 0.188 e. The standard InChI is InChI=1S/C17H16ClFO3S/c1-2-17(23(20,21)13-8-6-12(18)7-9-13)10-11-22-15-5-3-4-14(19)16(15)17/h3-9H,2,10-11H2,1H3. The van der Waals surface area contributed by atoms with Crippen LogP contribution in [-0.4, -0.2) is 15.0 Å². The lowest BCUT2D eigenvalue weighted by Crippen LogP contribution is -2.41. The van der Waals surface area contributed by atoms with E-state index >= 15 is 0 Å². The Morgan fingerprint density at radius 1 is 1.22 bits per heavy atom. The van der Waals surface area contributed by atoms with Crippen molar-refractivity contribution in [1.29, 1.82) is 0 Å². The zero-order valence-corrected chi connectivity index (χ0v) is 14.1. The van der Waals surface area contributed by atoms with Gasteiger partial charge < -0.3 is 4.74 Å². The second kappa shape index (κ2) is 5.80. The van der Waals surface area contributed by atoms with Gasteiger partial charge in [0.15, 0.2) is 9.84 Å². The summed E-state index contributed by atoms with van der Waals surface area (Å²) in [5.74, 6) is -0.253. The van der Waals surface area contributed by atoms with Gasteiger partial charge in [-0.15, -0.1) is 0 Å². The molecule has 0 saturated heterocycles. The fourth-order valence-electron chi connectivity index (χ4n) is 3.17. The highest BCUT2D eigenvalue weighted by Crippen LogP contribution is 2.48. The monoisotopic (exact) mass is 354 g/mol. The molecule has 0 spiro atoms. The van der Waals surface area contributed by atoms with Crippen molar-refractivity contribution < 1.29 is 17.5 Å². The number of halogens is 2. The summed E-state index contributed by atoms with van der Waals surface area (Å²) in [6.07, 6.45) is 0.470. The van der Waals surface area contributed by atoms with Crippen molar-refractivity contribution in [3.8, 4) is 5.75 Å². The summed E-state index contributed by atoms with van der Waals surface area (Å²) in [5, 5.41) is 0.452. The van der Waals surface area contributed by atoms with Crippen LogP contribution in [0.1, 0.15) is 25.3 Å². The Balaban J connectivity index is 2.26. The summed E-state index contributed by atoms with van der Waals surface area (Å²) in [6, 6.07) is 10.4. The smallest absolute Gasteiger partial charge is 0.188 e. The van der Waals surface area contributed by atoms with E-state index in [1.165, 1.54) is 36.4 Å². The molecule has 1 unspecified atom stereocenters. The van der Waals surface area contributed by atoms with Crippen molar-refractivity contribution in [3.63, 3.8) is 0 Å². The lowest BCUT2D eigenvalue weighted by Gasteiger charge is -2.37. The maximum absolute atomic E-state index is 14.5. The van der Waals surface area contributed by atoms with Gasteiger partial charge >= 0.3 is 0 Å². The normalized spacial score (nSPS) is 20.7. The van der Waals surface area contributed by atoms with Crippen molar-refractivity contribution in [1.82, 2.24) is 0 Å². The first-order valence-electron chi connectivity index (χ1n) is 7.34. The van der Waals surface area contributed by atoms with Crippen molar-refractivity contribution in [2.24, 2.45) is 0 Å². The molecule has 0 aromatic heterocycles. The van der Waals surface area contributed by atoms with E-state index < -0.39 is 20.4 Å². The van der Waals surface area contributed by atoms with Crippen LogP contribution < -0.4 is 4.74 Å². The molecule has 3 rings (SSSR count). The van der Waals surface area contributed by atoms with Crippen LogP contribution >= 0.6 is 11.6 Å². The molecule has 1 atom stereocenters. The summed E-state index contributed by atoms with van der Waals surface area (Å²) < 4.78 is 45.3. The van der Waals surface area contributed by atoms with Crippen LogP contribution in [0, 0.1) is 5.82 Å². The van der Waals surface area contributed by atoms with Crippen LogP contribution in [0.3, 0.4) is 0 Å². The van der Waals surface area contributed by atoms with Gasteiger partial charge in [-0.2, -0.15) is 0 Å². The third kappa shape index (κ3) is 2.42. The fourth-order valence-corrected chi connectivity index (χ4v) is 5.44. The van der Waals surface area contributed by atoms with Gasteiger partial charge in [-0.05, 0) is 42.8 Å². The second-order valence-electron chi connectivity index (χ2n) is 5.52. The molecular formula is C17H16ClFO3S. The highest BCUT2D eigenvalue weighted by Gasteiger charge is 2.50. The first kappa shape index (κ1) is 16.3. The van der Waals surface area contributed by atoms with E-state index in [0.29, 0.717) is 10.8 Å². The average molecular weight is 355 g/mol. The molecule has 0 amide bonds. The molecule has 1 aliphatic heterocycles. The Morgan fingerprint density at radius 3 is 2.57 bits per heavy atom. The summed E-state index contributed by atoms with van der Waals surface area (Å²) in [7, 11) is -3.81. The van der Waals surface area contributed by atoms with E-state index in [4.69, 9.17) is 16.3 Å². The molecule has 0 N–H and O–H groups in total. The second-order valence-corrected chi connectivity index (χ2v) is 8.21. The Kier molecular flexibility index (Phi) is 4.10. The minimum Gasteiger partial charge on any atom is -0.493 e. The molecule has 0 fully saturated rings. The lowest BCUT2D eigenvalue weighted by molar-refractivity contribution is 0.241. The van der Waals surface area contributed by atoms with Crippen LogP contribution in [-0.2, 0) is 14.6 Å². The average Bonchev–Trinajstić information content (AvgIpc) is 2.54. The zero-order chi connectivity index (χ0) is 16.7. The largest absolute Gasteiger partial charge is 0.493 e. The number of rotatable bonds is 3. The summed E-state index contributed by atoms with van der Waals surface area (Å²) in [4.78, 5) is 0.139. The summed E-state index contributed by atoms with van der Waals surface area (Å²) >= 11 is 5.85. The number of benzene rings is 2. The summed E-state index contributed by atoms with van der Waals surface area (Å²) in [6.45, 7) is 1.99. The topological polar surface area (TPSA) is 43.4 Å². The molecule has 2 aromatic carbocycles. The van der Waals surface area contributed by atoms with Crippen LogP contribution in [0.15, 0.2) is 47.4 Å². The van der Waals surface area contributed by atoms with Gasteiger partial charge in [0.05, 0.1) is 17.1 Å². The quantitative estimate of drug-likeness (QED) is 0.823. The molecule has 3 nitrogen and oxygen atoms in total. The minimum atomic E-state index is -3.81. The van der Waals surface area contributed by atoms with Gasteiger partial charge in [-0.25, -0.2) is 12.8 Å². The number of hydrogen-bond donors (Lipinski definition) is 0. The predicted molar refractivity (Wildman–Crippen MR) is 87.1 cm³/mol. The predicted octanol–water partition coefficient (Wildman–Crippen LogP) is 4.34. The van der Waals surface area contributed by atoms with E-state index in [9.17, 15) is 12.8 Å².